The van der Waals surface area contributed by atoms with Gasteiger partial charge in [0.2, 0.25) is 5.91 Å². The maximum absolute atomic E-state index is 11.9. The van der Waals surface area contributed by atoms with Crippen molar-refractivity contribution in [2.24, 2.45) is 10.4 Å². The fraction of sp³-hybridized carbons (Fsp3) is 0.889. The fourth-order valence-corrected chi connectivity index (χ4v) is 2.99. The number of aliphatic imine (C=N–C) groups is 1. The summed E-state index contributed by atoms with van der Waals surface area (Å²) in [7, 11) is 2.10. The number of halogens is 1. The van der Waals surface area contributed by atoms with Crippen molar-refractivity contribution < 1.29 is 4.79 Å². The maximum Gasteiger partial charge on any atom is 0.225 e. The van der Waals surface area contributed by atoms with Crippen molar-refractivity contribution in [3.05, 3.63) is 0 Å². The number of hydrogen-bond acceptors (Lipinski definition) is 3. The van der Waals surface area contributed by atoms with E-state index in [4.69, 9.17) is 0 Å². The molecule has 0 aliphatic carbocycles. The molecule has 25 heavy (non-hydrogen) atoms. The zero-order chi connectivity index (χ0) is 18.2. The number of nitrogens with zero attached hydrogens (tertiary/aromatic N) is 3. The van der Waals surface area contributed by atoms with Gasteiger partial charge in [0.1, 0.15) is 0 Å². The van der Waals surface area contributed by atoms with Gasteiger partial charge in [0.25, 0.3) is 0 Å². The number of carbonyl (C=O) groups is 1. The Labute approximate surface area is 171 Å². The molecule has 1 aliphatic rings. The number of amides is 1. The van der Waals surface area contributed by atoms with Gasteiger partial charge in [-0.25, -0.2) is 0 Å². The maximum atomic E-state index is 11.9. The van der Waals surface area contributed by atoms with Gasteiger partial charge < -0.3 is 15.5 Å². The first-order valence-corrected chi connectivity index (χ1v) is 9.31. The van der Waals surface area contributed by atoms with Crippen molar-refractivity contribution in [2.75, 3.05) is 46.3 Å². The van der Waals surface area contributed by atoms with E-state index in [1.54, 1.807) is 0 Å². The lowest BCUT2D eigenvalue weighted by Crippen LogP contribution is -2.46. The zero-order valence-corrected chi connectivity index (χ0v) is 19.2. The van der Waals surface area contributed by atoms with Crippen molar-refractivity contribution in [1.82, 2.24) is 20.4 Å². The van der Waals surface area contributed by atoms with E-state index in [0.29, 0.717) is 19.1 Å². The van der Waals surface area contributed by atoms with Crippen LogP contribution in [-0.4, -0.2) is 74.0 Å². The molecule has 1 atom stereocenters. The van der Waals surface area contributed by atoms with Gasteiger partial charge in [0.15, 0.2) is 5.96 Å². The van der Waals surface area contributed by atoms with Crippen molar-refractivity contribution in [3.63, 3.8) is 0 Å². The Morgan fingerprint density at radius 3 is 2.52 bits per heavy atom. The second-order valence-electron chi connectivity index (χ2n) is 7.55. The van der Waals surface area contributed by atoms with E-state index in [-0.39, 0.29) is 35.3 Å². The van der Waals surface area contributed by atoms with Crippen LogP contribution in [0.2, 0.25) is 0 Å². The lowest BCUT2D eigenvalue weighted by Gasteiger charge is -2.29. The third-order valence-corrected chi connectivity index (χ3v) is 4.43. The van der Waals surface area contributed by atoms with E-state index >= 15 is 0 Å². The van der Waals surface area contributed by atoms with E-state index in [9.17, 15) is 4.79 Å². The summed E-state index contributed by atoms with van der Waals surface area (Å²) < 4.78 is 0. The third kappa shape index (κ3) is 8.57. The molecule has 1 fully saturated rings. The van der Waals surface area contributed by atoms with Crippen LogP contribution in [0.4, 0.5) is 0 Å². The molecule has 1 unspecified atom stereocenters. The van der Waals surface area contributed by atoms with Gasteiger partial charge in [-0.3, -0.25) is 14.7 Å². The molecule has 6 nitrogen and oxygen atoms in total. The SMILES string of the molecule is CCNC(=NCCNC(=O)C(C)(C)C)N(C)CC1CCCN1CC.I. The Bertz CT molecular complexity index is 422. The van der Waals surface area contributed by atoms with Crippen LogP contribution in [0.1, 0.15) is 47.5 Å². The Morgan fingerprint density at radius 1 is 1.28 bits per heavy atom. The number of rotatable bonds is 7. The Hall–Kier alpha value is -0.570. The highest BCUT2D eigenvalue weighted by atomic mass is 127. The molecule has 7 heteroatoms. The molecule has 1 aliphatic heterocycles. The molecule has 1 heterocycles. The van der Waals surface area contributed by atoms with Crippen LogP contribution < -0.4 is 10.6 Å². The molecule has 0 aromatic carbocycles. The van der Waals surface area contributed by atoms with Crippen LogP contribution >= 0.6 is 24.0 Å². The van der Waals surface area contributed by atoms with Crippen LogP contribution in [0, 0.1) is 5.41 Å². The number of carbonyl (C=O) groups excluding carboxylic acids is 1. The van der Waals surface area contributed by atoms with Crippen molar-refractivity contribution in [1.29, 1.82) is 0 Å². The van der Waals surface area contributed by atoms with Crippen LogP contribution in [0.5, 0.6) is 0 Å². The van der Waals surface area contributed by atoms with E-state index in [2.05, 4.69) is 46.3 Å². The molecule has 0 aromatic heterocycles. The second kappa shape index (κ2) is 11.9. The normalized spacial score (nSPS) is 18.6. The largest absolute Gasteiger partial charge is 0.357 e. The van der Waals surface area contributed by atoms with Crippen LogP contribution in [0.3, 0.4) is 0 Å². The molecular formula is C18H38IN5O. The van der Waals surface area contributed by atoms with Gasteiger partial charge >= 0.3 is 0 Å². The van der Waals surface area contributed by atoms with E-state index in [1.165, 1.54) is 19.4 Å². The van der Waals surface area contributed by atoms with Gasteiger partial charge in [0.05, 0.1) is 6.54 Å². The molecule has 0 bridgehead atoms. The molecule has 0 radical (unpaired) electrons. The van der Waals surface area contributed by atoms with Gasteiger partial charge in [-0.05, 0) is 32.9 Å². The van der Waals surface area contributed by atoms with Crippen LogP contribution in [0.25, 0.3) is 0 Å². The summed E-state index contributed by atoms with van der Waals surface area (Å²) in [6.45, 7) is 15.4. The molecule has 148 valence electrons. The van der Waals surface area contributed by atoms with Gasteiger partial charge in [-0.15, -0.1) is 24.0 Å². The topological polar surface area (TPSA) is 60.0 Å². The lowest BCUT2D eigenvalue weighted by atomic mass is 9.96. The number of likely N-dealkylation sites (tertiary alicyclic amines) is 1. The van der Waals surface area contributed by atoms with Gasteiger partial charge in [-0.1, -0.05) is 27.7 Å². The molecule has 1 rings (SSSR count). The number of nitrogens with one attached hydrogen (secondary N) is 2. The Kier molecular flexibility index (Phi) is 11.7. The molecule has 0 spiro atoms. The Morgan fingerprint density at radius 2 is 1.96 bits per heavy atom. The van der Waals surface area contributed by atoms with Crippen molar-refractivity contribution in [2.45, 2.75) is 53.5 Å². The molecule has 2 N–H and O–H groups in total. The minimum absolute atomic E-state index is 0. The average Bonchev–Trinajstić information content (AvgIpc) is 2.96. The fourth-order valence-electron chi connectivity index (χ4n) is 2.99. The number of guanidine groups is 1. The molecular weight excluding hydrogens is 429 g/mol. The van der Waals surface area contributed by atoms with Crippen LogP contribution in [-0.2, 0) is 4.79 Å². The Balaban J connectivity index is 0.00000576. The summed E-state index contributed by atoms with van der Waals surface area (Å²) in [5.74, 6) is 0.992. The smallest absolute Gasteiger partial charge is 0.225 e. The minimum atomic E-state index is -0.350. The zero-order valence-electron chi connectivity index (χ0n) is 16.9. The summed E-state index contributed by atoms with van der Waals surface area (Å²) in [4.78, 5) is 21.3. The molecule has 1 amide bonds. The van der Waals surface area contributed by atoms with Gasteiger partial charge in [-0.2, -0.15) is 0 Å². The molecule has 0 aromatic rings. The molecule has 0 saturated carbocycles. The number of likely N-dealkylation sites (N-methyl/N-ethyl adjacent to an activating group) is 2. The lowest BCUT2D eigenvalue weighted by molar-refractivity contribution is -0.128. The van der Waals surface area contributed by atoms with E-state index in [1.807, 2.05) is 20.8 Å². The van der Waals surface area contributed by atoms with Crippen molar-refractivity contribution >= 4 is 35.8 Å². The first-order chi connectivity index (χ1) is 11.3. The summed E-state index contributed by atoms with van der Waals surface area (Å²) in [5.41, 5.74) is -0.350. The summed E-state index contributed by atoms with van der Waals surface area (Å²) in [5, 5.41) is 6.30. The predicted octanol–water partition coefficient (Wildman–Crippen LogP) is 2.15. The van der Waals surface area contributed by atoms with Gasteiger partial charge in [0, 0.05) is 38.1 Å². The number of hydrogen-bond donors (Lipinski definition) is 2. The summed E-state index contributed by atoms with van der Waals surface area (Å²) >= 11 is 0. The molecule has 1 saturated heterocycles. The minimum Gasteiger partial charge on any atom is -0.357 e. The second-order valence-corrected chi connectivity index (χ2v) is 7.55. The first-order valence-electron chi connectivity index (χ1n) is 9.31. The third-order valence-electron chi connectivity index (χ3n) is 4.43. The summed E-state index contributed by atoms with van der Waals surface area (Å²) in [6, 6.07) is 0.615. The van der Waals surface area contributed by atoms with E-state index in [0.717, 1.165) is 25.6 Å². The monoisotopic (exact) mass is 467 g/mol. The quantitative estimate of drug-likeness (QED) is 0.261. The highest BCUT2D eigenvalue weighted by Gasteiger charge is 2.25. The van der Waals surface area contributed by atoms with Crippen LogP contribution in [0.15, 0.2) is 4.99 Å². The standard InChI is InChI=1S/C18H37N5O.HI/c1-7-19-17(21-12-11-20-16(24)18(3,4)5)22(6)14-15-10-9-13-23(15)8-2;/h15H,7-14H2,1-6H3,(H,19,21)(H,20,24);1H. The highest BCUT2D eigenvalue weighted by Crippen LogP contribution is 2.17. The first kappa shape index (κ1) is 24.4. The van der Waals surface area contributed by atoms with E-state index < -0.39 is 0 Å². The highest BCUT2D eigenvalue weighted by molar-refractivity contribution is 14.0. The summed E-state index contributed by atoms with van der Waals surface area (Å²) in [6.07, 6.45) is 2.55. The average molecular weight is 467 g/mol. The van der Waals surface area contributed by atoms with Crippen molar-refractivity contribution in [3.8, 4) is 0 Å². The predicted molar refractivity (Wildman–Crippen MR) is 117 cm³/mol.